The topological polar surface area (TPSA) is 125 Å². The molecule has 0 aromatic heterocycles. The summed E-state index contributed by atoms with van der Waals surface area (Å²) in [5.74, 6) is -0.232. The second-order valence-electron chi connectivity index (χ2n) is 12.1. The summed E-state index contributed by atoms with van der Waals surface area (Å²) in [4.78, 5) is 38.8. The summed E-state index contributed by atoms with van der Waals surface area (Å²) < 4.78 is 29.8. The molecule has 2 fully saturated rings. The van der Waals surface area contributed by atoms with Crippen LogP contribution in [-0.2, 0) is 46.6 Å². The molecule has 15 heteroatoms. The van der Waals surface area contributed by atoms with Gasteiger partial charge >= 0.3 is 254 Å². The predicted octanol–water partition coefficient (Wildman–Crippen LogP) is 2.41. The number of amides is 2. The van der Waals surface area contributed by atoms with Crippen LogP contribution in [0.25, 0.3) is 0 Å². The minimum atomic E-state index is -1.65. The molecule has 0 aliphatic carbocycles. The molecule has 0 saturated carbocycles. The summed E-state index contributed by atoms with van der Waals surface area (Å²) in [5, 5.41) is 4.11. The number of hydrogen-bond acceptors (Lipinski definition) is 10. The molecule has 2 N–H and O–H groups in total. The van der Waals surface area contributed by atoms with E-state index in [1.54, 1.807) is 20.8 Å². The number of methoxy groups -OCH3 is 1. The second-order valence-corrected chi connectivity index (χ2v) is 23.9. The summed E-state index contributed by atoms with van der Waals surface area (Å²) in [5.41, 5.74) is 2.59. The summed E-state index contributed by atoms with van der Waals surface area (Å²) in [7, 11) is 0.663. The van der Waals surface area contributed by atoms with Gasteiger partial charge in [-0.1, -0.05) is 0 Å². The molecule has 2 atom stereocenters. The van der Waals surface area contributed by atoms with Crippen molar-refractivity contribution in [3.63, 3.8) is 0 Å². The maximum absolute atomic E-state index is 13.8. The number of carbonyl (C=O) groups is 3. The van der Waals surface area contributed by atoms with E-state index >= 15 is 0 Å². The van der Waals surface area contributed by atoms with Gasteiger partial charge in [-0.15, -0.1) is 0 Å². The normalized spacial score (nSPS) is 20.4. The summed E-state index contributed by atoms with van der Waals surface area (Å²) in [6, 6.07) is 3.97. The number of nitrogens with one attached hydrogen (secondary N) is 2. The van der Waals surface area contributed by atoms with Crippen molar-refractivity contribution in [2.45, 2.75) is 96.6 Å². The molecule has 41 heavy (non-hydrogen) atoms. The van der Waals surface area contributed by atoms with E-state index in [4.69, 9.17) is 33.3 Å². The molecule has 2 heterocycles. The van der Waals surface area contributed by atoms with Crippen molar-refractivity contribution in [3.05, 3.63) is 23.8 Å². The van der Waals surface area contributed by atoms with E-state index in [1.165, 1.54) is 12.1 Å². The van der Waals surface area contributed by atoms with Crippen LogP contribution in [0.3, 0.4) is 0 Å². The first-order chi connectivity index (χ1) is 19.0. The van der Waals surface area contributed by atoms with Crippen molar-refractivity contribution in [2.75, 3.05) is 13.7 Å². The number of benzene rings is 1. The van der Waals surface area contributed by atoms with E-state index < -0.39 is 77.5 Å². The van der Waals surface area contributed by atoms with Crippen LogP contribution >= 0.6 is 4.00 Å². The zero-order chi connectivity index (χ0) is 30.6. The van der Waals surface area contributed by atoms with E-state index in [2.05, 4.69) is 10.7 Å². The van der Waals surface area contributed by atoms with E-state index in [-0.39, 0.29) is 6.42 Å². The van der Waals surface area contributed by atoms with Crippen molar-refractivity contribution in [2.24, 2.45) is 0 Å². The molecular weight excluding hydrogens is 761 g/mol. The molecular formula is C26H39BN3O8PSTl+. The monoisotopic (exact) mass is 800 g/mol. The number of ether oxygens (including phenoxy) is 2. The second kappa shape index (κ2) is 14.0. The number of esters is 1. The van der Waals surface area contributed by atoms with E-state index in [0.717, 1.165) is 15.0 Å². The Balaban J connectivity index is 1.94. The van der Waals surface area contributed by atoms with Gasteiger partial charge in [0, 0.05) is 0 Å². The van der Waals surface area contributed by atoms with Gasteiger partial charge in [-0.2, -0.15) is 0 Å². The molecule has 0 unspecified atom stereocenters. The molecule has 0 bridgehead atoms. The average Bonchev–Trinajstić information content (AvgIpc) is 3.11. The van der Waals surface area contributed by atoms with Crippen LogP contribution in [0.15, 0.2) is 18.2 Å². The molecule has 1 aromatic rings. The minimum absolute atomic E-state index is 0.129. The Hall–Kier alpha value is -1.25. The Morgan fingerprint density at radius 1 is 1.22 bits per heavy atom. The van der Waals surface area contributed by atoms with Gasteiger partial charge in [-0.3, -0.25) is 0 Å². The van der Waals surface area contributed by atoms with Gasteiger partial charge in [-0.05, 0) is 0 Å². The zero-order valence-corrected chi connectivity index (χ0v) is 31.1. The van der Waals surface area contributed by atoms with E-state index in [0.29, 0.717) is 25.1 Å². The molecule has 0 spiro atoms. The van der Waals surface area contributed by atoms with Gasteiger partial charge in [0.25, 0.3) is 0 Å². The zero-order valence-electron chi connectivity index (χ0n) is 24.9. The quantitative estimate of drug-likeness (QED) is 0.230. The molecule has 11 nitrogen and oxygen atoms in total. The molecule has 2 amide bonds. The number of alkyl carbamates (subject to hydrolysis) is 1. The maximum atomic E-state index is 13.8. The average molecular weight is 800 g/mol. The summed E-state index contributed by atoms with van der Waals surface area (Å²) in [6.45, 7) is 13.5. The van der Waals surface area contributed by atoms with Crippen molar-refractivity contribution >= 4 is 69.9 Å². The Labute approximate surface area is 260 Å². The first kappa shape index (κ1) is 34.2. The third-order valence-electron chi connectivity index (χ3n) is 7.11. The van der Waals surface area contributed by atoms with Gasteiger partial charge in [0.15, 0.2) is 0 Å². The third kappa shape index (κ3) is 9.36. The molecule has 2 aliphatic rings. The van der Waals surface area contributed by atoms with Crippen LogP contribution in [0.1, 0.15) is 66.9 Å². The van der Waals surface area contributed by atoms with Gasteiger partial charge < -0.3 is 0 Å². The van der Waals surface area contributed by atoms with Crippen LogP contribution in [0.5, 0.6) is 5.75 Å². The summed E-state index contributed by atoms with van der Waals surface area (Å²) in [6.07, 6.45) is 0.534. The van der Waals surface area contributed by atoms with Crippen molar-refractivity contribution in [1.82, 2.24) is 15.8 Å². The number of carbonyl (C=O) groups excluding carboxylic acids is 3. The van der Waals surface area contributed by atoms with Crippen LogP contribution in [0, 0.1) is 0 Å². The Bertz CT molecular complexity index is 1190. The number of hydrazine groups is 1. The molecule has 2 saturated heterocycles. The standard InChI is InChI=1S/C26H40BN3O8.PS.Tl/c1-24(2,3)36-23(34)28-20(21(32)30-11-9-10-19(29-30)22(33)35-8)14-16-12-17(15-18(31)13-16)27-37-25(4,5)26(6,7)38-27;1-2;/h12-13,15,19-20,29,31H,9-11,14H2,1-8H3,(H,28,34);;/q;-1;+3/p-1/t19-,20-;;/m0../s1. The Morgan fingerprint density at radius 3 is 2.46 bits per heavy atom. The first-order valence-corrected chi connectivity index (χ1v) is 23.3. The fraction of sp³-hybridized carbons (Fsp3) is 0.654. The molecule has 1 aromatic carbocycles. The number of rotatable bonds is 8. The van der Waals surface area contributed by atoms with Crippen molar-refractivity contribution in [3.8, 4) is 5.75 Å². The van der Waals surface area contributed by atoms with Crippen LogP contribution < -0.4 is 18.9 Å². The van der Waals surface area contributed by atoms with Crippen molar-refractivity contribution < 1.29 is 35.9 Å². The molecule has 222 valence electrons. The van der Waals surface area contributed by atoms with Crippen LogP contribution in [-0.4, -0.2) is 96.2 Å². The predicted molar refractivity (Wildman–Crippen MR) is 160 cm³/mol. The van der Waals surface area contributed by atoms with Crippen molar-refractivity contribution in [1.29, 1.82) is 0 Å². The fourth-order valence-corrected chi connectivity index (χ4v) is 8.15. The van der Waals surface area contributed by atoms with Crippen LogP contribution in [0.2, 0.25) is 0 Å². The van der Waals surface area contributed by atoms with Gasteiger partial charge in [-0.25, -0.2) is 0 Å². The van der Waals surface area contributed by atoms with E-state index in [9.17, 15) is 14.4 Å². The Morgan fingerprint density at radius 2 is 1.88 bits per heavy atom. The van der Waals surface area contributed by atoms with E-state index in [1.807, 2.05) is 45.9 Å². The molecule has 0 radical (unpaired) electrons. The van der Waals surface area contributed by atoms with Gasteiger partial charge in [0.05, 0.1) is 7.11 Å². The van der Waals surface area contributed by atoms with Crippen LogP contribution in [0.4, 0.5) is 4.79 Å². The van der Waals surface area contributed by atoms with Gasteiger partial charge in [0.1, 0.15) is 0 Å². The van der Waals surface area contributed by atoms with Gasteiger partial charge in [0.2, 0.25) is 0 Å². The number of hydrogen-bond donors (Lipinski definition) is 2. The first-order valence-electron chi connectivity index (χ1n) is 13.5. The summed E-state index contributed by atoms with van der Waals surface area (Å²) >= 11 is 3.48. The molecule has 2 aliphatic heterocycles. The Kier molecular flexibility index (Phi) is 11.7. The SMILES string of the molecule is COC(=O)[C@@H]1CCCN(C(=O)[C@H](Cc2cc([O][Tl]=[P+]=S)cc(B3OC(C)(C)C(C)(C)O3)c2)NC(=O)OC(C)(C)C)N1. The third-order valence-corrected chi connectivity index (χ3v) is 12.9. The molecule has 3 rings (SSSR count). The fourth-order valence-electron chi connectivity index (χ4n) is 4.40. The number of nitrogens with zero attached hydrogens (tertiary/aromatic N) is 1.